The van der Waals surface area contributed by atoms with Crippen molar-refractivity contribution in [3.63, 3.8) is 0 Å². The Morgan fingerprint density at radius 2 is 1.79 bits per heavy atom. The van der Waals surface area contributed by atoms with Gasteiger partial charge in [-0.2, -0.15) is 0 Å². The SMILES string of the molecule is C1CNCCN1.O=C(O)c1cc2c(cc1F)c(=O)c1c(=O)[nH]sc1n2C1CC1. The quantitative estimate of drug-likeness (QED) is 0.509. The van der Waals surface area contributed by atoms with Gasteiger partial charge in [0, 0.05) is 37.6 Å². The second-order valence-electron chi connectivity index (χ2n) is 6.80. The molecule has 0 unspecified atom stereocenters. The number of rotatable bonds is 2. The number of aromatic carboxylic acids is 1. The monoisotopic (exact) mass is 406 g/mol. The van der Waals surface area contributed by atoms with Crippen LogP contribution in [0.15, 0.2) is 21.7 Å². The number of aromatic amines is 1. The van der Waals surface area contributed by atoms with E-state index in [-0.39, 0.29) is 16.8 Å². The molecule has 3 heterocycles. The van der Waals surface area contributed by atoms with E-state index in [1.807, 2.05) is 0 Å². The standard InChI is InChI=1S/C14H9FN2O4S.C4H10N2/c15-8-3-7-9(4-6(8)14(20)21)17(5-1-2-5)13-10(11(7)18)12(19)16-22-13;1-2-6-4-3-5-1/h3-5H,1-2H2,(H,16,19)(H,20,21);5-6H,1-4H2. The molecule has 28 heavy (non-hydrogen) atoms. The zero-order valence-corrected chi connectivity index (χ0v) is 15.7. The number of piperazine rings is 1. The van der Waals surface area contributed by atoms with Crippen molar-refractivity contribution in [2.75, 3.05) is 26.2 Å². The molecule has 5 rings (SSSR count). The molecule has 0 bridgehead atoms. The van der Waals surface area contributed by atoms with Gasteiger partial charge >= 0.3 is 5.97 Å². The van der Waals surface area contributed by atoms with Gasteiger partial charge < -0.3 is 20.3 Å². The Kier molecular flexibility index (Phi) is 5.00. The van der Waals surface area contributed by atoms with E-state index in [1.165, 1.54) is 6.07 Å². The molecule has 0 atom stereocenters. The third-order valence-corrected chi connectivity index (χ3v) is 5.70. The van der Waals surface area contributed by atoms with Crippen molar-refractivity contribution in [3.05, 3.63) is 44.1 Å². The lowest BCUT2D eigenvalue weighted by Gasteiger charge is -2.12. The van der Waals surface area contributed by atoms with Crippen LogP contribution < -0.4 is 21.6 Å². The lowest BCUT2D eigenvalue weighted by molar-refractivity contribution is 0.0692. The van der Waals surface area contributed by atoms with Gasteiger partial charge in [0.1, 0.15) is 16.0 Å². The molecule has 3 aromatic rings. The van der Waals surface area contributed by atoms with E-state index < -0.39 is 28.3 Å². The van der Waals surface area contributed by atoms with E-state index in [9.17, 15) is 18.8 Å². The molecule has 1 aliphatic heterocycles. The number of carboxylic acids is 1. The zero-order chi connectivity index (χ0) is 19.8. The van der Waals surface area contributed by atoms with E-state index in [0.717, 1.165) is 56.6 Å². The highest BCUT2D eigenvalue weighted by Gasteiger charge is 2.29. The molecule has 8 nitrogen and oxygen atoms in total. The Labute approximate surface area is 162 Å². The maximum atomic E-state index is 13.9. The predicted octanol–water partition coefficient (Wildman–Crippen LogP) is 1.26. The average molecular weight is 406 g/mol. The fraction of sp³-hybridized carbons (Fsp3) is 0.389. The summed E-state index contributed by atoms with van der Waals surface area (Å²) in [6.45, 7) is 4.56. The molecule has 0 amide bonds. The number of H-pyrrole nitrogens is 1. The van der Waals surface area contributed by atoms with Crippen LogP contribution in [0.2, 0.25) is 0 Å². The van der Waals surface area contributed by atoms with E-state index in [1.54, 1.807) is 4.57 Å². The fourth-order valence-electron chi connectivity index (χ4n) is 3.31. The van der Waals surface area contributed by atoms with E-state index in [4.69, 9.17) is 5.11 Å². The van der Waals surface area contributed by atoms with E-state index >= 15 is 0 Å². The third kappa shape index (κ3) is 3.34. The molecule has 10 heteroatoms. The fourth-order valence-corrected chi connectivity index (χ4v) is 4.24. The molecule has 0 spiro atoms. The van der Waals surface area contributed by atoms with Crippen LogP contribution in [0.1, 0.15) is 29.2 Å². The summed E-state index contributed by atoms with van der Waals surface area (Å²) in [7, 11) is 0. The van der Waals surface area contributed by atoms with Crippen LogP contribution in [-0.4, -0.2) is 46.2 Å². The minimum Gasteiger partial charge on any atom is -0.478 e. The van der Waals surface area contributed by atoms with Gasteiger partial charge in [-0.05, 0) is 36.5 Å². The molecule has 4 N–H and O–H groups in total. The van der Waals surface area contributed by atoms with Gasteiger partial charge in [0.2, 0.25) is 5.43 Å². The first kappa shape index (κ1) is 18.8. The summed E-state index contributed by atoms with van der Waals surface area (Å²) in [6, 6.07) is 2.19. The molecule has 1 aromatic carbocycles. The van der Waals surface area contributed by atoms with Crippen LogP contribution in [0.3, 0.4) is 0 Å². The average Bonchev–Trinajstić information content (AvgIpc) is 3.46. The smallest absolute Gasteiger partial charge is 0.338 e. The molecule has 2 aliphatic rings. The van der Waals surface area contributed by atoms with Gasteiger partial charge in [0.05, 0.1) is 11.1 Å². The summed E-state index contributed by atoms with van der Waals surface area (Å²) in [4.78, 5) is 35.9. The van der Waals surface area contributed by atoms with Gasteiger partial charge in [-0.3, -0.25) is 14.0 Å². The van der Waals surface area contributed by atoms with Crippen molar-refractivity contribution in [2.45, 2.75) is 18.9 Å². The van der Waals surface area contributed by atoms with Crippen molar-refractivity contribution in [2.24, 2.45) is 0 Å². The number of nitrogens with zero attached hydrogens (tertiary/aromatic N) is 1. The molecule has 1 saturated carbocycles. The Hall–Kier alpha value is -2.56. The normalized spacial score (nSPS) is 16.8. The van der Waals surface area contributed by atoms with Crippen molar-refractivity contribution in [1.29, 1.82) is 0 Å². The molecular weight excluding hydrogens is 387 g/mol. The Morgan fingerprint density at radius 3 is 2.32 bits per heavy atom. The van der Waals surface area contributed by atoms with Crippen molar-refractivity contribution in [3.8, 4) is 0 Å². The van der Waals surface area contributed by atoms with Crippen LogP contribution in [0, 0.1) is 5.82 Å². The van der Waals surface area contributed by atoms with Gasteiger partial charge in [0.15, 0.2) is 0 Å². The minimum absolute atomic E-state index is 0.00637. The van der Waals surface area contributed by atoms with Crippen LogP contribution >= 0.6 is 11.5 Å². The van der Waals surface area contributed by atoms with E-state index in [0.29, 0.717) is 10.3 Å². The summed E-state index contributed by atoms with van der Waals surface area (Å²) in [5, 5.41) is 15.6. The third-order valence-electron chi connectivity index (χ3n) is 4.82. The lowest BCUT2D eigenvalue weighted by Crippen LogP contribution is -2.39. The number of carboxylic acid groups (broad SMARTS) is 1. The number of hydrogen-bond donors (Lipinski definition) is 4. The summed E-state index contributed by atoms with van der Waals surface area (Å²) in [5.41, 5.74) is -1.19. The van der Waals surface area contributed by atoms with Crippen molar-refractivity contribution in [1.82, 2.24) is 19.6 Å². The predicted molar refractivity (Wildman–Crippen MR) is 105 cm³/mol. The highest BCUT2D eigenvalue weighted by atomic mass is 32.1. The Balaban J connectivity index is 0.000000275. The first-order chi connectivity index (χ1) is 13.5. The summed E-state index contributed by atoms with van der Waals surface area (Å²) in [5.74, 6) is -2.37. The molecule has 2 aromatic heterocycles. The van der Waals surface area contributed by atoms with Gasteiger partial charge in [-0.15, -0.1) is 0 Å². The molecule has 148 valence electrons. The maximum absolute atomic E-state index is 13.9. The van der Waals surface area contributed by atoms with Gasteiger partial charge in [-0.1, -0.05) is 0 Å². The Morgan fingerprint density at radius 1 is 1.14 bits per heavy atom. The zero-order valence-electron chi connectivity index (χ0n) is 14.9. The number of halogens is 1. The number of benzene rings is 1. The maximum Gasteiger partial charge on any atom is 0.338 e. The van der Waals surface area contributed by atoms with Crippen LogP contribution in [0.4, 0.5) is 4.39 Å². The van der Waals surface area contributed by atoms with E-state index in [2.05, 4.69) is 15.0 Å². The van der Waals surface area contributed by atoms with Crippen molar-refractivity contribution >= 4 is 38.6 Å². The van der Waals surface area contributed by atoms with Crippen molar-refractivity contribution < 1.29 is 14.3 Å². The van der Waals surface area contributed by atoms with Crippen LogP contribution in [-0.2, 0) is 0 Å². The van der Waals surface area contributed by atoms with Crippen LogP contribution in [0.5, 0.6) is 0 Å². The Bertz CT molecular complexity index is 1160. The first-order valence-corrected chi connectivity index (χ1v) is 9.84. The summed E-state index contributed by atoms with van der Waals surface area (Å²) >= 11 is 1.04. The molecule has 1 saturated heterocycles. The number of hydrogen-bond acceptors (Lipinski definition) is 6. The largest absolute Gasteiger partial charge is 0.478 e. The first-order valence-electron chi connectivity index (χ1n) is 9.02. The van der Waals surface area contributed by atoms with Crippen LogP contribution in [0.25, 0.3) is 21.1 Å². The molecule has 0 radical (unpaired) electrons. The van der Waals surface area contributed by atoms with Gasteiger partial charge in [0.25, 0.3) is 5.56 Å². The summed E-state index contributed by atoms with van der Waals surface area (Å²) < 4.78 is 18.2. The topological polar surface area (TPSA) is 116 Å². The molecule has 2 fully saturated rings. The number of aromatic nitrogens is 2. The molecular formula is C18H19FN4O4S. The number of fused-ring (bicyclic) bond motifs is 2. The highest BCUT2D eigenvalue weighted by Crippen LogP contribution is 2.40. The highest BCUT2D eigenvalue weighted by molar-refractivity contribution is 7.12. The second kappa shape index (κ2) is 7.46. The minimum atomic E-state index is -1.39. The number of pyridine rings is 1. The molecule has 1 aliphatic carbocycles. The number of carbonyl (C=O) groups is 1. The second-order valence-corrected chi connectivity index (χ2v) is 7.59. The van der Waals surface area contributed by atoms with Gasteiger partial charge in [-0.25, -0.2) is 9.18 Å². The number of nitrogens with one attached hydrogen (secondary N) is 3. The summed E-state index contributed by atoms with van der Waals surface area (Å²) in [6.07, 6.45) is 1.75. The lowest BCUT2D eigenvalue weighted by atomic mass is 10.1.